The van der Waals surface area contributed by atoms with E-state index in [1.54, 1.807) is 11.8 Å². The molecule has 3 rings (SSSR count). The van der Waals surface area contributed by atoms with Crippen molar-refractivity contribution in [2.45, 2.75) is 31.1 Å². The highest BCUT2D eigenvalue weighted by Crippen LogP contribution is 2.20. The standard InChI is InChI=1S/C17H22N4S/c1-2-12-22-17-19-18-16(14-20-10-6-7-11-20)21(17)13-15-8-4-3-5-9-15/h2-5,8-9H,1,6-7,10-14H2. The molecule has 0 bridgehead atoms. The van der Waals surface area contributed by atoms with Crippen LogP contribution in [0.3, 0.4) is 0 Å². The van der Waals surface area contributed by atoms with Crippen molar-refractivity contribution in [3.8, 4) is 0 Å². The Morgan fingerprint density at radius 1 is 1.09 bits per heavy atom. The van der Waals surface area contributed by atoms with Gasteiger partial charge in [0.1, 0.15) is 5.82 Å². The largest absolute Gasteiger partial charge is 0.300 e. The summed E-state index contributed by atoms with van der Waals surface area (Å²) in [5.41, 5.74) is 1.28. The van der Waals surface area contributed by atoms with Gasteiger partial charge in [-0.1, -0.05) is 48.2 Å². The zero-order valence-corrected chi connectivity index (χ0v) is 13.6. The Labute approximate surface area is 136 Å². The van der Waals surface area contributed by atoms with Crippen molar-refractivity contribution < 1.29 is 0 Å². The van der Waals surface area contributed by atoms with Crippen molar-refractivity contribution in [1.82, 2.24) is 19.7 Å². The topological polar surface area (TPSA) is 34.0 Å². The number of thioether (sulfide) groups is 1. The van der Waals surface area contributed by atoms with Crippen LogP contribution in [0.25, 0.3) is 0 Å². The molecule has 5 heteroatoms. The first kappa shape index (κ1) is 15.3. The van der Waals surface area contributed by atoms with Gasteiger partial charge < -0.3 is 4.57 Å². The maximum atomic E-state index is 4.44. The van der Waals surface area contributed by atoms with E-state index in [1.165, 1.54) is 31.5 Å². The number of rotatable bonds is 7. The molecule has 22 heavy (non-hydrogen) atoms. The molecule has 0 unspecified atom stereocenters. The Morgan fingerprint density at radius 2 is 1.86 bits per heavy atom. The molecule has 4 nitrogen and oxygen atoms in total. The van der Waals surface area contributed by atoms with Gasteiger partial charge in [0.2, 0.25) is 0 Å². The molecule has 0 atom stereocenters. The molecule has 1 aromatic carbocycles. The summed E-state index contributed by atoms with van der Waals surface area (Å²) >= 11 is 1.70. The van der Waals surface area contributed by atoms with Crippen molar-refractivity contribution in [3.63, 3.8) is 0 Å². The Bertz CT molecular complexity index is 602. The van der Waals surface area contributed by atoms with Gasteiger partial charge in [-0.15, -0.1) is 16.8 Å². The van der Waals surface area contributed by atoms with E-state index < -0.39 is 0 Å². The van der Waals surface area contributed by atoms with Gasteiger partial charge in [-0.3, -0.25) is 4.90 Å². The molecule has 2 aromatic rings. The first-order valence-electron chi connectivity index (χ1n) is 7.79. The SMILES string of the molecule is C=CCSc1nnc(CN2CCCC2)n1Cc1ccccc1. The van der Waals surface area contributed by atoms with Gasteiger partial charge in [0.05, 0.1) is 13.1 Å². The van der Waals surface area contributed by atoms with Crippen molar-refractivity contribution in [2.75, 3.05) is 18.8 Å². The summed E-state index contributed by atoms with van der Waals surface area (Å²) in [4.78, 5) is 2.47. The minimum atomic E-state index is 0.830. The number of hydrogen-bond donors (Lipinski definition) is 0. The summed E-state index contributed by atoms with van der Waals surface area (Å²) in [6.45, 7) is 7.87. The van der Waals surface area contributed by atoms with Crippen LogP contribution in [0.15, 0.2) is 48.1 Å². The molecule has 0 radical (unpaired) electrons. The number of likely N-dealkylation sites (tertiary alicyclic amines) is 1. The summed E-state index contributed by atoms with van der Waals surface area (Å²) in [5, 5.41) is 9.82. The maximum Gasteiger partial charge on any atom is 0.191 e. The molecule has 1 aliphatic rings. The molecule has 0 aliphatic carbocycles. The van der Waals surface area contributed by atoms with E-state index in [0.717, 1.165) is 29.8 Å². The fourth-order valence-electron chi connectivity index (χ4n) is 2.74. The lowest BCUT2D eigenvalue weighted by Crippen LogP contribution is -2.21. The lowest BCUT2D eigenvalue weighted by atomic mass is 10.2. The third kappa shape index (κ3) is 3.78. The highest BCUT2D eigenvalue weighted by atomic mass is 32.2. The number of aromatic nitrogens is 3. The van der Waals surface area contributed by atoms with Crippen LogP contribution < -0.4 is 0 Å². The molecule has 0 N–H and O–H groups in total. The van der Waals surface area contributed by atoms with Gasteiger partial charge >= 0.3 is 0 Å². The number of nitrogens with zero attached hydrogens (tertiary/aromatic N) is 4. The first-order valence-corrected chi connectivity index (χ1v) is 8.77. The Balaban J connectivity index is 1.81. The molecule has 1 aliphatic heterocycles. The maximum absolute atomic E-state index is 4.44. The first-order chi connectivity index (χ1) is 10.9. The molecule has 1 saturated heterocycles. The van der Waals surface area contributed by atoms with E-state index in [1.807, 2.05) is 12.1 Å². The fourth-order valence-corrected chi connectivity index (χ4v) is 3.43. The second kappa shape index (κ2) is 7.61. The van der Waals surface area contributed by atoms with Crippen LogP contribution in [-0.2, 0) is 13.1 Å². The van der Waals surface area contributed by atoms with Crippen molar-refractivity contribution >= 4 is 11.8 Å². The molecule has 116 valence electrons. The summed E-state index contributed by atoms with van der Waals surface area (Å²) in [6, 6.07) is 10.5. The van der Waals surface area contributed by atoms with Crippen LogP contribution in [0.5, 0.6) is 0 Å². The Hall–Kier alpha value is -1.59. The molecular formula is C17H22N4S. The van der Waals surface area contributed by atoms with Crippen LogP contribution in [0.2, 0.25) is 0 Å². The quantitative estimate of drug-likeness (QED) is 0.580. The molecule has 0 spiro atoms. The lowest BCUT2D eigenvalue weighted by molar-refractivity contribution is 0.316. The molecular weight excluding hydrogens is 292 g/mol. The van der Waals surface area contributed by atoms with Gasteiger partial charge in [0.15, 0.2) is 5.16 Å². The zero-order chi connectivity index (χ0) is 15.2. The molecule has 1 fully saturated rings. The third-order valence-corrected chi connectivity index (χ3v) is 4.83. The summed E-state index contributed by atoms with van der Waals surface area (Å²) in [6.07, 6.45) is 4.50. The van der Waals surface area contributed by atoms with E-state index in [2.05, 4.69) is 50.5 Å². The van der Waals surface area contributed by atoms with Gasteiger partial charge in [0.25, 0.3) is 0 Å². The van der Waals surface area contributed by atoms with Crippen LogP contribution >= 0.6 is 11.8 Å². The lowest BCUT2D eigenvalue weighted by Gasteiger charge is -2.15. The minimum Gasteiger partial charge on any atom is -0.300 e. The summed E-state index contributed by atoms with van der Waals surface area (Å²) in [7, 11) is 0. The zero-order valence-electron chi connectivity index (χ0n) is 12.8. The molecule has 0 amide bonds. The second-order valence-electron chi connectivity index (χ2n) is 5.55. The van der Waals surface area contributed by atoms with Crippen LogP contribution in [0, 0.1) is 0 Å². The Kier molecular flexibility index (Phi) is 5.29. The van der Waals surface area contributed by atoms with Crippen LogP contribution in [0.4, 0.5) is 0 Å². The second-order valence-corrected chi connectivity index (χ2v) is 6.54. The fraction of sp³-hybridized carbons (Fsp3) is 0.412. The van der Waals surface area contributed by atoms with E-state index >= 15 is 0 Å². The normalized spacial score (nSPS) is 15.3. The average Bonchev–Trinajstić information content (AvgIpc) is 3.18. The summed E-state index contributed by atoms with van der Waals surface area (Å²) < 4.78 is 2.25. The predicted octanol–water partition coefficient (Wildman–Crippen LogP) is 3.20. The van der Waals surface area contributed by atoms with Crippen LogP contribution in [0.1, 0.15) is 24.2 Å². The average molecular weight is 314 g/mol. The Morgan fingerprint density at radius 3 is 2.59 bits per heavy atom. The van der Waals surface area contributed by atoms with E-state index in [-0.39, 0.29) is 0 Å². The van der Waals surface area contributed by atoms with Gasteiger partial charge in [-0.25, -0.2) is 0 Å². The molecule has 2 heterocycles. The molecule has 1 aromatic heterocycles. The van der Waals surface area contributed by atoms with E-state index in [0.29, 0.717) is 0 Å². The van der Waals surface area contributed by atoms with Crippen molar-refractivity contribution in [2.24, 2.45) is 0 Å². The highest BCUT2D eigenvalue weighted by molar-refractivity contribution is 7.99. The van der Waals surface area contributed by atoms with Gasteiger partial charge in [-0.05, 0) is 31.5 Å². The summed E-state index contributed by atoms with van der Waals surface area (Å²) in [5.74, 6) is 1.92. The molecule has 0 saturated carbocycles. The predicted molar refractivity (Wildman–Crippen MR) is 91.0 cm³/mol. The number of hydrogen-bond acceptors (Lipinski definition) is 4. The van der Waals surface area contributed by atoms with E-state index in [9.17, 15) is 0 Å². The highest BCUT2D eigenvalue weighted by Gasteiger charge is 2.18. The third-order valence-electron chi connectivity index (χ3n) is 3.87. The van der Waals surface area contributed by atoms with E-state index in [4.69, 9.17) is 0 Å². The minimum absolute atomic E-state index is 0.830. The van der Waals surface area contributed by atoms with Crippen molar-refractivity contribution in [1.29, 1.82) is 0 Å². The van der Waals surface area contributed by atoms with Gasteiger partial charge in [-0.2, -0.15) is 0 Å². The van der Waals surface area contributed by atoms with Crippen molar-refractivity contribution in [3.05, 3.63) is 54.4 Å². The monoisotopic (exact) mass is 314 g/mol. The smallest absolute Gasteiger partial charge is 0.191 e. The van der Waals surface area contributed by atoms with Gasteiger partial charge in [0, 0.05) is 5.75 Å². The number of benzene rings is 1. The van der Waals surface area contributed by atoms with Crippen LogP contribution in [-0.4, -0.2) is 38.5 Å².